The number of hydrogen-bond donors (Lipinski definition) is 0. The molecular formula is C14H19Cl2OSiV. The van der Waals surface area contributed by atoms with E-state index < -0.39 is 0 Å². The number of allylic oxidation sites excluding steroid dienone is 4. The summed E-state index contributed by atoms with van der Waals surface area (Å²) in [4.78, 5) is 0. The van der Waals surface area contributed by atoms with Crippen LogP contribution in [0, 0.1) is 6.08 Å². The summed E-state index contributed by atoms with van der Waals surface area (Å²) in [6.07, 6.45) is 10.0. The molecule has 0 saturated heterocycles. The van der Waals surface area contributed by atoms with Crippen molar-refractivity contribution in [3.63, 3.8) is 0 Å². The molecule has 0 N–H and O–H groups in total. The molecule has 2 radical (unpaired) electrons. The second-order valence-corrected chi connectivity index (χ2v) is 6.82. The summed E-state index contributed by atoms with van der Waals surface area (Å²) >= 11 is 0. The van der Waals surface area contributed by atoms with E-state index in [1.165, 1.54) is 12.1 Å². The molecule has 1 aromatic rings. The third-order valence-electron chi connectivity index (χ3n) is 1.33. The third-order valence-corrected chi connectivity index (χ3v) is 1.33. The second-order valence-electron chi connectivity index (χ2n) is 3.82. The van der Waals surface area contributed by atoms with E-state index in [0.717, 1.165) is 6.42 Å². The number of benzene rings is 1. The monoisotopic (exact) mass is 352 g/mol. The number of hydrogen-bond acceptors (Lipinski definition) is 1. The molecule has 0 aromatic heterocycles. The molecule has 0 unspecified atom stereocenters. The quantitative estimate of drug-likeness (QED) is 0.372. The minimum Gasteiger partial charge on any atom is -1.00 e. The Morgan fingerprint density at radius 1 is 1.05 bits per heavy atom. The van der Waals surface area contributed by atoms with Crippen LogP contribution in [0.1, 0.15) is 6.42 Å². The van der Waals surface area contributed by atoms with Crippen molar-refractivity contribution < 1.29 is 48.5 Å². The maximum atomic E-state index is 10.3. The Balaban J connectivity index is -0.0000000855. The van der Waals surface area contributed by atoms with Gasteiger partial charge in [-0.2, -0.15) is 6.08 Å². The first-order chi connectivity index (χ1) is 7.63. The second kappa shape index (κ2) is 20.2. The Bertz CT molecular complexity index is 304. The molecule has 0 atom stereocenters. The van der Waals surface area contributed by atoms with E-state index in [-0.39, 0.29) is 57.9 Å². The smallest absolute Gasteiger partial charge is 1.00 e. The Labute approximate surface area is 143 Å². The van der Waals surface area contributed by atoms with Crippen molar-refractivity contribution in [1.29, 1.82) is 0 Å². The Hall–Kier alpha value is -0.119. The van der Waals surface area contributed by atoms with E-state index in [4.69, 9.17) is 0 Å². The van der Waals surface area contributed by atoms with Crippen LogP contribution in [0.25, 0.3) is 0 Å². The fraction of sp³-hybridized carbons (Fsp3) is 0.286. The van der Waals surface area contributed by atoms with Gasteiger partial charge in [0.1, 0.15) is 0 Å². The molecular weight excluding hydrogens is 334 g/mol. The summed E-state index contributed by atoms with van der Waals surface area (Å²) in [6.45, 7) is 6.81. The molecule has 2 rings (SSSR count). The van der Waals surface area contributed by atoms with Gasteiger partial charge in [-0.05, 0) is 0 Å². The van der Waals surface area contributed by atoms with E-state index in [9.17, 15) is 5.11 Å². The van der Waals surface area contributed by atoms with Gasteiger partial charge >= 0.3 is 18.6 Å². The summed E-state index contributed by atoms with van der Waals surface area (Å²) in [5.41, 5.74) is 0. The maximum Gasteiger partial charge on any atom is 4.00 e. The van der Waals surface area contributed by atoms with Gasteiger partial charge in [0.2, 0.25) is 0 Å². The standard InChI is InChI=1S/C6H6O.C5H5.C3H9Si.2ClH.V/c7-6-4-2-1-3-5-6;1-2-4-5-3-1;1-4(2)3;;;/h1-5,7H;1-3H,4H2;1-3H3;2*1H;/q;-1;;;;+4/p-3. The first-order valence-corrected chi connectivity index (χ1v) is 8.33. The van der Waals surface area contributed by atoms with Crippen LogP contribution in [0.2, 0.25) is 19.6 Å². The Morgan fingerprint density at radius 2 is 1.53 bits per heavy atom. The van der Waals surface area contributed by atoms with Crippen molar-refractivity contribution in [2.45, 2.75) is 26.1 Å². The predicted octanol–water partition coefficient (Wildman–Crippen LogP) is -2.56. The summed E-state index contributed by atoms with van der Waals surface area (Å²) in [7, 11) is 0.120. The van der Waals surface area contributed by atoms with E-state index in [0.29, 0.717) is 0 Å². The van der Waals surface area contributed by atoms with Gasteiger partial charge in [-0.15, -0.1) is 12.2 Å². The van der Waals surface area contributed by atoms with Crippen molar-refractivity contribution in [2.75, 3.05) is 0 Å². The topological polar surface area (TPSA) is 23.1 Å². The minimum atomic E-state index is 0. The van der Waals surface area contributed by atoms with Crippen molar-refractivity contribution in [1.82, 2.24) is 0 Å². The molecule has 0 aliphatic heterocycles. The predicted molar refractivity (Wildman–Crippen MR) is 70.8 cm³/mol. The largest absolute Gasteiger partial charge is 4.00 e. The molecule has 1 nitrogen and oxygen atoms in total. The molecule has 104 valence electrons. The Kier molecular flexibility index (Phi) is 29.0. The Morgan fingerprint density at radius 3 is 1.68 bits per heavy atom. The van der Waals surface area contributed by atoms with Crippen molar-refractivity contribution in [3.05, 3.63) is 54.6 Å². The SMILES string of the molecule is C[Si](C)C.[C-]1=CC=CC1.[Cl-].[Cl-].[O-]c1ccccc1.[V+4]. The number of rotatable bonds is 0. The van der Waals surface area contributed by atoms with Crippen molar-refractivity contribution in [3.8, 4) is 5.75 Å². The molecule has 5 heteroatoms. The molecule has 0 bridgehead atoms. The summed E-state index contributed by atoms with van der Waals surface area (Å²) in [5.74, 6) is 0.0718. The summed E-state index contributed by atoms with van der Waals surface area (Å²) < 4.78 is 0. The van der Waals surface area contributed by atoms with Crippen LogP contribution in [-0.4, -0.2) is 8.80 Å². The van der Waals surface area contributed by atoms with Gasteiger partial charge < -0.3 is 29.9 Å². The van der Waals surface area contributed by atoms with Gasteiger partial charge in [-0.1, -0.05) is 50.0 Å². The molecule has 1 aliphatic rings. The van der Waals surface area contributed by atoms with Gasteiger partial charge in [-0.3, -0.25) is 6.08 Å². The molecule has 0 fully saturated rings. The van der Waals surface area contributed by atoms with Crippen LogP contribution in [0.3, 0.4) is 0 Å². The van der Waals surface area contributed by atoms with Gasteiger partial charge in [0.15, 0.2) is 0 Å². The van der Waals surface area contributed by atoms with E-state index >= 15 is 0 Å². The normalized spacial score (nSPS) is 9.68. The summed E-state index contributed by atoms with van der Waals surface area (Å²) in [5, 5.41) is 10.3. The number of para-hydroxylation sites is 1. The van der Waals surface area contributed by atoms with Crippen LogP contribution in [0.5, 0.6) is 5.75 Å². The maximum absolute atomic E-state index is 10.3. The van der Waals surface area contributed by atoms with E-state index in [2.05, 4.69) is 31.8 Å². The first-order valence-electron chi connectivity index (χ1n) is 5.33. The van der Waals surface area contributed by atoms with Crippen molar-refractivity contribution in [2.24, 2.45) is 0 Å². The first kappa shape index (κ1) is 27.3. The van der Waals surface area contributed by atoms with E-state index in [1.54, 1.807) is 12.1 Å². The molecule has 1 aliphatic carbocycles. The molecule has 0 heterocycles. The zero-order valence-corrected chi connectivity index (χ0v) is 15.3. The average Bonchev–Trinajstić information content (AvgIpc) is 2.75. The zero-order valence-electron chi connectivity index (χ0n) is 11.4. The fourth-order valence-corrected chi connectivity index (χ4v) is 0.761. The van der Waals surface area contributed by atoms with Crippen LogP contribution in [0.4, 0.5) is 0 Å². The molecule has 0 spiro atoms. The van der Waals surface area contributed by atoms with Gasteiger partial charge in [0.05, 0.1) is 0 Å². The zero-order chi connectivity index (χ0) is 12.2. The summed E-state index contributed by atoms with van der Waals surface area (Å²) in [6, 6.07) is 8.33. The number of halogens is 2. The minimum absolute atomic E-state index is 0. The van der Waals surface area contributed by atoms with E-state index in [1.807, 2.05) is 18.2 Å². The fourth-order valence-electron chi connectivity index (χ4n) is 0.761. The van der Waals surface area contributed by atoms with Crippen molar-refractivity contribution >= 4 is 8.80 Å². The van der Waals surface area contributed by atoms with Crippen LogP contribution < -0.4 is 29.9 Å². The van der Waals surface area contributed by atoms with Crippen LogP contribution >= 0.6 is 0 Å². The van der Waals surface area contributed by atoms with Gasteiger partial charge in [0.25, 0.3) is 0 Å². The third kappa shape index (κ3) is 27.2. The average molecular weight is 353 g/mol. The molecule has 1 aromatic carbocycles. The van der Waals surface area contributed by atoms with Gasteiger partial charge in [-0.25, -0.2) is 12.2 Å². The molecule has 19 heavy (non-hydrogen) atoms. The molecule has 0 amide bonds. The molecule has 0 saturated carbocycles. The van der Waals surface area contributed by atoms with Crippen LogP contribution in [0.15, 0.2) is 48.6 Å². The van der Waals surface area contributed by atoms with Gasteiger partial charge in [0, 0.05) is 8.80 Å². The van der Waals surface area contributed by atoms with Crippen LogP contribution in [-0.2, 0) is 18.6 Å².